The van der Waals surface area contributed by atoms with Crippen molar-refractivity contribution in [2.45, 2.75) is 29.5 Å². The van der Waals surface area contributed by atoms with Gasteiger partial charge in [-0.3, -0.25) is 0 Å². The van der Waals surface area contributed by atoms with Gasteiger partial charge in [-0.2, -0.15) is 0 Å². The first-order valence-corrected chi connectivity index (χ1v) is 7.42. The maximum atomic E-state index is 14.0. The van der Waals surface area contributed by atoms with Crippen LogP contribution in [0.1, 0.15) is 24.2 Å². The van der Waals surface area contributed by atoms with Crippen molar-refractivity contribution >= 4 is 11.8 Å². The first-order valence-electron chi connectivity index (χ1n) is 6.54. The molecule has 0 saturated carbocycles. The highest BCUT2D eigenvalue weighted by Crippen LogP contribution is 2.39. The Kier molecular flexibility index (Phi) is 5.15. The molecule has 0 radical (unpaired) electrons. The van der Waals surface area contributed by atoms with Gasteiger partial charge in [-0.15, -0.1) is 11.8 Å². The number of thioether (sulfide) groups is 1. The molecule has 0 aliphatic heterocycles. The van der Waals surface area contributed by atoms with Gasteiger partial charge >= 0.3 is 0 Å². The third kappa shape index (κ3) is 3.38. The zero-order chi connectivity index (χ0) is 14.5. The summed E-state index contributed by atoms with van der Waals surface area (Å²) in [4.78, 5) is 0.490. The van der Waals surface area contributed by atoms with E-state index in [1.807, 2.05) is 6.92 Å². The third-order valence-corrected chi connectivity index (χ3v) is 4.61. The van der Waals surface area contributed by atoms with Gasteiger partial charge in [0.05, 0.1) is 5.25 Å². The van der Waals surface area contributed by atoms with Gasteiger partial charge in [-0.1, -0.05) is 37.3 Å². The molecule has 2 N–H and O–H groups in total. The molecule has 2 aromatic carbocycles. The van der Waals surface area contributed by atoms with Crippen molar-refractivity contribution in [3.8, 4) is 0 Å². The molecule has 0 fully saturated rings. The molecule has 1 nitrogen and oxygen atoms in total. The Morgan fingerprint density at radius 2 is 1.60 bits per heavy atom. The van der Waals surface area contributed by atoms with Crippen LogP contribution >= 0.6 is 11.8 Å². The summed E-state index contributed by atoms with van der Waals surface area (Å²) < 4.78 is 27.8. The highest BCUT2D eigenvalue weighted by Gasteiger charge is 2.23. The molecule has 0 aromatic heterocycles. The molecule has 0 bridgehead atoms. The van der Waals surface area contributed by atoms with E-state index in [0.717, 1.165) is 0 Å². The van der Waals surface area contributed by atoms with Gasteiger partial charge in [-0.05, 0) is 24.6 Å². The Bertz CT molecular complexity index is 574. The number of halogens is 2. The number of rotatable bonds is 5. The molecule has 2 atom stereocenters. The third-order valence-electron chi connectivity index (χ3n) is 3.16. The normalized spacial score (nSPS) is 14.0. The summed E-state index contributed by atoms with van der Waals surface area (Å²) in [5.41, 5.74) is 6.63. The van der Waals surface area contributed by atoms with Gasteiger partial charge in [0.1, 0.15) is 11.6 Å². The van der Waals surface area contributed by atoms with Crippen molar-refractivity contribution in [3.63, 3.8) is 0 Å². The Hall–Kier alpha value is -1.39. The van der Waals surface area contributed by atoms with Crippen molar-refractivity contribution in [3.05, 3.63) is 65.7 Å². The Morgan fingerprint density at radius 1 is 1.00 bits per heavy atom. The summed E-state index contributed by atoms with van der Waals surface area (Å²) in [6.07, 6.45) is 0.695. The van der Waals surface area contributed by atoms with E-state index < -0.39 is 0 Å². The summed E-state index contributed by atoms with van der Waals surface area (Å²) in [7, 11) is 0. The molecule has 0 aliphatic carbocycles. The van der Waals surface area contributed by atoms with Gasteiger partial charge < -0.3 is 5.73 Å². The summed E-state index contributed by atoms with van der Waals surface area (Å²) in [5, 5.41) is -0.307. The van der Waals surface area contributed by atoms with Crippen molar-refractivity contribution < 1.29 is 8.78 Å². The summed E-state index contributed by atoms with van der Waals surface area (Å²) in [6, 6.07) is 12.8. The molecule has 2 rings (SSSR count). The van der Waals surface area contributed by atoms with Gasteiger partial charge in [0.25, 0.3) is 0 Å². The largest absolute Gasteiger partial charge is 0.326 e. The molecule has 2 unspecified atom stereocenters. The standard InChI is InChI=1S/C16H17F2NS/c1-2-14(19)16(11-7-3-4-8-12(11)17)20-15-10-6-5-9-13(15)18/h3-10,14,16H,2,19H2,1H3. The zero-order valence-electron chi connectivity index (χ0n) is 11.2. The number of hydrogen-bond donors (Lipinski definition) is 1. The van der Waals surface area contributed by atoms with Crippen LogP contribution in [0.15, 0.2) is 53.4 Å². The molecule has 20 heavy (non-hydrogen) atoms. The van der Waals surface area contributed by atoms with Crippen LogP contribution in [0.3, 0.4) is 0 Å². The zero-order valence-corrected chi connectivity index (χ0v) is 12.0. The van der Waals surface area contributed by atoms with Crippen LogP contribution in [0.5, 0.6) is 0 Å². The summed E-state index contributed by atoms with van der Waals surface area (Å²) in [6.45, 7) is 1.94. The van der Waals surface area contributed by atoms with Crippen LogP contribution in [0.4, 0.5) is 8.78 Å². The lowest BCUT2D eigenvalue weighted by atomic mass is 10.0. The highest BCUT2D eigenvalue weighted by atomic mass is 32.2. The minimum atomic E-state index is -0.307. The molecule has 0 amide bonds. The van der Waals surface area contributed by atoms with E-state index in [4.69, 9.17) is 5.73 Å². The fourth-order valence-electron chi connectivity index (χ4n) is 1.98. The molecule has 2 aromatic rings. The molecule has 0 spiro atoms. The average molecular weight is 293 g/mol. The number of hydrogen-bond acceptors (Lipinski definition) is 2. The van der Waals surface area contributed by atoms with Crippen LogP contribution < -0.4 is 5.73 Å². The predicted octanol–water partition coefficient (Wildman–Crippen LogP) is 4.54. The quantitative estimate of drug-likeness (QED) is 0.819. The number of benzene rings is 2. The summed E-state index contributed by atoms with van der Waals surface area (Å²) >= 11 is 1.28. The molecule has 0 aliphatic rings. The monoisotopic (exact) mass is 293 g/mol. The smallest absolute Gasteiger partial charge is 0.136 e. The van der Waals surface area contributed by atoms with E-state index in [-0.39, 0.29) is 22.9 Å². The van der Waals surface area contributed by atoms with Crippen molar-refractivity contribution in [1.82, 2.24) is 0 Å². The fourth-order valence-corrected chi connectivity index (χ4v) is 3.28. The molecular formula is C16H17F2NS. The van der Waals surface area contributed by atoms with Crippen molar-refractivity contribution in [2.24, 2.45) is 5.73 Å². The van der Waals surface area contributed by atoms with E-state index in [0.29, 0.717) is 16.9 Å². The van der Waals surface area contributed by atoms with E-state index in [9.17, 15) is 8.78 Å². The molecule has 0 saturated heterocycles. The van der Waals surface area contributed by atoms with E-state index in [1.165, 1.54) is 23.9 Å². The second kappa shape index (κ2) is 6.86. The topological polar surface area (TPSA) is 26.0 Å². The van der Waals surface area contributed by atoms with Crippen LogP contribution in [-0.4, -0.2) is 6.04 Å². The van der Waals surface area contributed by atoms with Crippen LogP contribution in [0.25, 0.3) is 0 Å². The highest BCUT2D eigenvalue weighted by molar-refractivity contribution is 7.99. The predicted molar refractivity (Wildman–Crippen MR) is 79.7 cm³/mol. The van der Waals surface area contributed by atoms with Gasteiger partial charge in [-0.25, -0.2) is 8.78 Å². The Morgan fingerprint density at radius 3 is 2.20 bits per heavy atom. The maximum Gasteiger partial charge on any atom is 0.136 e. The second-order valence-electron chi connectivity index (χ2n) is 4.56. The number of nitrogens with two attached hydrogens (primary N) is 1. The van der Waals surface area contributed by atoms with Crippen molar-refractivity contribution in [2.75, 3.05) is 0 Å². The van der Waals surface area contributed by atoms with Crippen LogP contribution in [-0.2, 0) is 0 Å². The van der Waals surface area contributed by atoms with Gasteiger partial charge in [0, 0.05) is 16.5 Å². The SMILES string of the molecule is CCC(N)C(Sc1ccccc1F)c1ccccc1F. The Labute approximate surface area is 122 Å². The lowest BCUT2D eigenvalue weighted by Crippen LogP contribution is -2.26. The maximum absolute atomic E-state index is 14.0. The lowest BCUT2D eigenvalue weighted by molar-refractivity contribution is 0.569. The van der Waals surface area contributed by atoms with Gasteiger partial charge in [0.2, 0.25) is 0 Å². The fraction of sp³-hybridized carbons (Fsp3) is 0.250. The molecule has 4 heteroatoms. The van der Waals surface area contributed by atoms with Gasteiger partial charge in [0.15, 0.2) is 0 Å². The van der Waals surface area contributed by atoms with Crippen LogP contribution in [0, 0.1) is 11.6 Å². The van der Waals surface area contributed by atoms with Crippen molar-refractivity contribution in [1.29, 1.82) is 0 Å². The van der Waals surface area contributed by atoms with E-state index >= 15 is 0 Å². The minimum absolute atomic E-state index is 0.239. The summed E-state index contributed by atoms with van der Waals surface area (Å²) in [5.74, 6) is -0.604. The molecule has 0 heterocycles. The second-order valence-corrected chi connectivity index (χ2v) is 5.75. The van der Waals surface area contributed by atoms with E-state index in [2.05, 4.69) is 0 Å². The first-order chi connectivity index (χ1) is 9.63. The molecule has 106 valence electrons. The molecular weight excluding hydrogens is 276 g/mol. The van der Waals surface area contributed by atoms with E-state index in [1.54, 1.807) is 36.4 Å². The Balaban J connectivity index is 2.35. The first kappa shape index (κ1) is 15.0. The lowest BCUT2D eigenvalue weighted by Gasteiger charge is -2.23. The minimum Gasteiger partial charge on any atom is -0.326 e. The van der Waals surface area contributed by atoms with Crippen LogP contribution in [0.2, 0.25) is 0 Å². The average Bonchev–Trinajstić information content (AvgIpc) is 2.47.